The highest BCUT2D eigenvalue weighted by Crippen LogP contribution is 2.24. The molecule has 2 aromatic rings. The van der Waals surface area contributed by atoms with Gasteiger partial charge in [0.05, 0.1) is 18.3 Å². The van der Waals surface area contributed by atoms with Gasteiger partial charge in [0.25, 0.3) is 0 Å². The SMILES string of the molecule is C=CCOC(=O)CN(C)C(=O)[C@@H](NC(=O)[C@H](CC(C)C)N(C)C(=O)[C@H](CC(C)C)NC(=O)[C@H](Cc1ccccc1)N(C)C(=O)[C@H](C)N(C)C(=O)OC(C)(C)C)[C@@H](C)OCCCC.CC1CCCO1.CCCCO[C@H](C)[C@H](NC(=O)[C@H](CC(C)C)N(C)C(=O)[C@H](CC(C)C)NC(=O)[C@H](Cc1ccccc1)N(C)C(=O)[C@H](C)N(C)C(=O)OC(C)(C)C)C(=O)N(C)CC(=O)O.OO. The van der Waals surface area contributed by atoms with Crippen LogP contribution in [0.4, 0.5) is 9.59 Å². The largest absolute Gasteiger partial charge is 0.480 e. The van der Waals surface area contributed by atoms with Crippen molar-refractivity contribution in [2.24, 2.45) is 23.7 Å². The highest BCUT2D eigenvalue weighted by Gasteiger charge is 2.44. The fraction of sp³-hybridized carbons (Fsp3) is 0.702. The average Bonchev–Trinajstić information content (AvgIpc) is 1.20. The smallest absolute Gasteiger partial charge is 0.410 e. The van der Waals surface area contributed by atoms with E-state index in [4.69, 9.17) is 38.9 Å². The Bertz CT molecular complexity index is 3780. The van der Waals surface area contributed by atoms with E-state index in [0.29, 0.717) is 25.7 Å². The summed E-state index contributed by atoms with van der Waals surface area (Å²) < 4.78 is 33.0. The van der Waals surface area contributed by atoms with Gasteiger partial charge in [-0.25, -0.2) is 9.59 Å². The van der Waals surface area contributed by atoms with Gasteiger partial charge in [-0.15, -0.1) is 0 Å². The van der Waals surface area contributed by atoms with Crippen molar-refractivity contribution in [2.75, 3.05) is 95.9 Å². The maximum absolute atomic E-state index is 14.6. The highest BCUT2D eigenvalue weighted by atomic mass is 17.0. The van der Waals surface area contributed by atoms with E-state index in [0.717, 1.165) is 46.8 Å². The summed E-state index contributed by atoms with van der Waals surface area (Å²) in [7, 11) is 11.5. The van der Waals surface area contributed by atoms with Crippen LogP contribution >= 0.6 is 0 Å². The number of unbranched alkanes of at least 4 members (excludes halogenated alkanes) is 2. The lowest BCUT2D eigenvalue weighted by Gasteiger charge is -2.36. The van der Waals surface area contributed by atoms with E-state index >= 15 is 0 Å². The standard InChI is InChI=1S/C46H76N6O10.C43H72N6O10.C5H10O.H2O2/c1-16-18-25-60-33(8)39(44(58)49(12)29-38(53)61-24-17-2)48-41(55)36(27-31(5)6)52(15)43(57)35(26-30(3)4)47-40(54)37(28-34-22-20-19-21-23-34)51(14)42(56)32(7)50(13)45(59)62-46(9,10)11;1-15-16-22-58-30(7)36(41(56)46(11)26-35(50)51)45-38(53)33(24-28(4)5)49(14)40(55)32(23-27(2)3)44-37(52)34(25-31-20-18-17-19-21-31)48(13)39(54)29(6)47(12)42(57)59-43(8,9)10;1-5-3-2-4-6-5;1-2/h17,19-23,30-33,35-37,39H,2,16,18,24-29H2,1,3-15H3,(H,47,54)(H,48,55);17-21,27-30,32-34,36H,15-16,22-26H2,1-14H3,(H,44,52)(H,45,53)(H,50,51);5H,2-4H2,1H3;1-2H/t32-,33+,35-,36-,37-,39-;29-,30+,32-,33-,34-,36-;;/m00../s1. The van der Waals surface area contributed by atoms with Gasteiger partial charge in [-0.1, -0.05) is 155 Å². The number of nitrogens with zero attached hydrogens (tertiary/aromatic N) is 8. The molecule has 1 heterocycles. The molecule has 0 radical (unpaired) electrons. The molecule has 0 bridgehead atoms. The molecule has 0 spiro atoms. The summed E-state index contributed by atoms with van der Waals surface area (Å²) in [5.41, 5.74) is -0.0812. The van der Waals surface area contributed by atoms with Crippen molar-refractivity contribution in [1.29, 1.82) is 0 Å². The fourth-order valence-electron chi connectivity index (χ4n) is 13.4. The van der Waals surface area contributed by atoms with Crippen LogP contribution in [-0.2, 0) is 98.8 Å². The van der Waals surface area contributed by atoms with Gasteiger partial charge in [0, 0.05) is 89.0 Å². The Morgan fingerprint density at radius 2 is 0.791 bits per heavy atom. The molecule has 0 aliphatic carbocycles. The van der Waals surface area contributed by atoms with E-state index < -0.39 is 174 Å². The zero-order chi connectivity index (χ0) is 99.2. The van der Waals surface area contributed by atoms with Gasteiger partial charge in [-0.05, 0) is 162 Å². The molecule has 2 aromatic carbocycles. The number of carboxylic acids is 1. The predicted molar refractivity (Wildman–Crippen MR) is 494 cm³/mol. The van der Waals surface area contributed by atoms with E-state index in [1.807, 2.05) is 130 Å². The number of esters is 1. The first-order valence-electron chi connectivity index (χ1n) is 44.9. The highest BCUT2D eigenvalue weighted by molar-refractivity contribution is 5.99. The number of amides is 12. The minimum absolute atomic E-state index is 0.0256. The Labute approximate surface area is 767 Å². The second-order valence-electron chi connectivity index (χ2n) is 36.8. The van der Waals surface area contributed by atoms with E-state index in [1.54, 1.807) is 69.2 Å². The predicted octanol–water partition coefficient (Wildman–Crippen LogP) is 9.74. The summed E-state index contributed by atoms with van der Waals surface area (Å²) >= 11 is 0. The molecule has 7 N–H and O–H groups in total. The van der Waals surface area contributed by atoms with Crippen LogP contribution in [0.15, 0.2) is 73.3 Å². The fourth-order valence-corrected chi connectivity index (χ4v) is 13.4. The molecule has 734 valence electrons. The molecule has 1 aliphatic rings. The summed E-state index contributed by atoms with van der Waals surface area (Å²) in [5.74, 6) is -8.11. The van der Waals surface area contributed by atoms with Gasteiger partial charge in [0.15, 0.2) is 0 Å². The molecular formula is C94H160N12O23. The van der Waals surface area contributed by atoms with Crippen molar-refractivity contribution >= 4 is 83.2 Å². The van der Waals surface area contributed by atoms with Crippen LogP contribution in [-0.4, -0.2) is 324 Å². The minimum atomic E-state index is -1.25. The van der Waals surface area contributed by atoms with Crippen molar-refractivity contribution in [3.05, 3.63) is 84.4 Å². The average molecular weight is 1830 g/mol. The second-order valence-corrected chi connectivity index (χ2v) is 36.8. The topological polar surface area (TPSA) is 429 Å². The summed E-state index contributed by atoms with van der Waals surface area (Å²) in [6.07, 6.45) is 5.56. The van der Waals surface area contributed by atoms with Crippen LogP contribution in [0.25, 0.3) is 0 Å². The lowest BCUT2D eigenvalue weighted by molar-refractivity contribution is -0.176. The quantitative estimate of drug-likeness (QED) is 0.00809. The monoisotopic (exact) mass is 1830 g/mol. The van der Waals surface area contributed by atoms with Gasteiger partial charge < -0.3 is 84.2 Å². The van der Waals surface area contributed by atoms with Crippen molar-refractivity contribution in [3.63, 3.8) is 0 Å². The number of ether oxygens (including phenoxy) is 6. The number of carbonyl (C=O) groups is 14. The molecule has 129 heavy (non-hydrogen) atoms. The Hall–Kier alpha value is -9.84. The van der Waals surface area contributed by atoms with Crippen molar-refractivity contribution in [1.82, 2.24) is 60.5 Å². The van der Waals surface area contributed by atoms with Crippen LogP contribution in [0, 0.1) is 23.7 Å². The summed E-state index contributed by atoms with van der Waals surface area (Å²) in [6.45, 7) is 42.1. The van der Waals surface area contributed by atoms with Crippen molar-refractivity contribution in [2.45, 2.75) is 312 Å². The molecule has 0 saturated carbocycles. The molecule has 35 heteroatoms. The molecule has 0 aromatic heterocycles. The number of rotatable bonds is 48. The van der Waals surface area contributed by atoms with E-state index in [2.05, 4.69) is 34.8 Å². The van der Waals surface area contributed by atoms with Gasteiger partial charge in [-0.3, -0.25) is 77.8 Å². The zero-order valence-electron chi connectivity index (χ0n) is 82.7. The first kappa shape index (κ1) is 119. The molecular weight excluding hydrogens is 1670 g/mol. The van der Waals surface area contributed by atoms with Crippen LogP contribution in [0.2, 0.25) is 0 Å². The Morgan fingerprint density at radius 1 is 0.465 bits per heavy atom. The molecule has 12 amide bonds. The number of carboxylic acid groups (broad SMARTS) is 1. The third kappa shape index (κ3) is 44.6. The van der Waals surface area contributed by atoms with Gasteiger partial charge in [0.2, 0.25) is 59.1 Å². The Balaban J connectivity index is 0.00000234. The number of hydrogen-bond donors (Lipinski definition) is 7. The number of aliphatic carboxylic acids is 1. The summed E-state index contributed by atoms with van der Waals surface area (Å²) in [6, 6.07) is 7.13. The van der Waals surface area contributed by atoms with E-state index in [-0.39, 0.29) is 75.3 Å². The number of nitrogens with one attached hydrogen (secondary N) is 4. The number of carbonyl (C=O) groups excluding carboxylic acids is 13. The lowest BCUT2D eigenvalue weighted by Crippen LogP contribution is -2.61. The Morgan fingerprint density at radius 3 is 1.07 bits per heavy atom. The van der Waals surface area contributed by atoms with Crippen molar-refractivity contribution in [3.8, 4) is 0 Å². The molecule has 1 saturated heterocycles. The Kier molecular flexibility index (Phi) is 55.6. The normalized spacial score (nSPS) is 15.2. The minimum Gasteiger partial charge on any atom is -0.480 e. The molecule has 3 rings (SSSR count). The van der Waals surface area contributed by atoms with Crippen LogP contribution in [0.3, 0.4) is 0 Å². The van der Waals surface area contributed by atoms with E-state index in [1.165, 1.54) is 105 Å². The number of likely N-dealkylation sites (N-methyl/N-ethyl adjacent to an activating group) is 8. The maximum Gasteiger partial charge on any atom is 0.410 e. The third-order valence-corrected chi connectivity index (χ3v) is 21.1. The van der Waals surface area contributed by atoms with Crippen LogP contribution in [0.5, 0.6) is 0 Å². The van der Waals surface area contributed by atoms with Crippen molar-refractivity contribution < 1.29 is 111 Å². The molecule has 35 nitrogen and oxygen atoms in total. The van der Waals surface area contributed by atoms with Crippen LogP contribution in [0.1, 0.15) is 221 Å². The lowest BCUT2D eigenvalue weighted by atomic mass is 9.97. The zero-order valence-corrected chi connectivity index (χ0v) is 82.7. The third-order valence-electron chi connectivity index (χ3n) is 21.1. The number of benzene rings is 2. The molecule has 13 atom stereocenters. The molecule has 1 aliphatic heterocycles. The van der Waals surface area contributed by atoms with Gasteiger partial charge >= 0.3 is 24.1 Å². The summed E-state index contributed by atoms with van der Waals surface area (Å²) in [5, 5.41) is 32.8. The van der Waals surface area contributed by atoms with Crippen LogP contribution < -0.4 is 21.3 Å². The molecule has 1 unspecified atom stereocenters. The van der Waals surface area contributed by atoms with E-state index in [9.17, 15) is 72.2 Å². The second kappa shape index (κ2) is 60.2. The first-order chi connectivity index (χ1) is 60.1. The maximum atomic E-state index is 14.6. The number of hydrogen-bond acceptors (Lipinski definition) is 22. The summed E-state index contributed by atoms with van der Waals surface area (Å²) in [4.78, 5) is 201. The van der Waals surface area contributed by atoms with Gasteiger partial charge in [0.1, 0.15) is 91.3 Å². The first-order valence-corrected chi connectivity index (χ1v) is 44.9. The molecule has 1 fully saturated rings. The van der Waals surface area contributed by atoms with Gasteiger partial charge in [-0.2, -0.15) is 0 Å².